The van der Waals surface area contributed by atoms with Crippen LogP contribution in [0.2, 0.25) is 0 Å². The molecule has 1 aromatic heterocycles. The number of ether oxygens (including phenoxy) is 1. The van der Waals surface area contributed by atoms with E-state index in [2.05, 4.69) is 31.1 Å². The van der Waals surface area contributed by atoms with Crippen molar-refractivity contribution in [1.29, 1.82) is 0 Å². The van der Waals surface area contributed by atoms with Crippen LogP contribution in [0.25, 0.3) is 11.3 Å². The first-order valence-electron chi connectivity index (χ1n) is 8.90. The van der Waals surface area contributed by atoms with Crippen LogP contribution >= 0.6 is 0 Å². The van der Waals surface area contributed by atoms with Crippen LogP contribution in [0.4, 0.5) is 5.69 Å². The highest BCUT2D eigenvalue weighted by Crippen LogP contribution is 2.25. The highest BCUT2D eigenvalue weighted by atomic mass is 16.5. The van der Waals surface area contributed by atoms with E-state index in [1.807, 2.05) is 48.5 Å². The Kier molecular flexibility index (Phi) is 5.31. The number of benzene rings is 2. The first-order chi connectivity index (χ1) is 12.8. The van der Waals surface area contributed by atoms with Crippen LogP contribution in [-0.2, 0) is 10.2 Å². The molecule has 0 saturated carbocycles. The SMILES string of the molecule is CC(Oc1ccc(C(C)(C)C)cc1)C(=O)Nc1cccc(-c2cnco2)c1. The average molecular weight is 364 g/mol. The average Bonchev–Trinajstić information content (AvgIpc) is 3.16. The number of amides is 1. The summed E-state index contributed by atoms with van der Waals surface area (Å²) in [6.07, 6.45) is 2.38. The Morgan fingerprint density at radius 1 is 1.15 bits per heavy atom. The monoisotopic (exact) mass is 364 g/mol. The number of oxazole rings is 1. The molecule has 5 heteroatoms. The van der Waals surface area contributed by atoms with Crippen molar-refractivity contribution in [2.45, 2.75) is 39.2 Å². The van der Waals surface area contributed by atoms with Gasteiger partial charge in [0.15, 0.2) is 18.3 Å². The smallest absolute Gasteiger partial charge is 0.265 e. The summed E-state index contributed by atoms with van der Waals surface area (Å²) < 4.78 is 11.1. The largest absolute Gasteiger partial charge is 0.481 e. The van der Waals surface area contributed by atoms with Gasteiger partial charge in [0.05, 0.1) is 6.20 Å². The van der Waals surface area contributed by atoms with Gasteiger partial charge in [-0.15, -0.1) is 0 Å². The molecule has 0 aliphatic carbocycles. The van der Waals surface area contributed by atoms with Gasteiger partial charge in [0.25, 0.3) is 5.91 Å². The summed E-state index contributed by atoms with van der Waals surface area (Å²) in [5, 5.41) is 2.87. The molecule has 0 aliphatic heterocycles. The summed E-state index contributed by atoms with van der Waals surface area (Å²) in [6, 6.07) is 15.3. The van der Waals surface area contributed by atoms with Crippen LogP contribution in [0.15, 0.2) is 65.5 Å². The van der Waals surface area contributed by atoms with Gasteiger partial charge in [-0.05, 0) is 42.2 Å². The molecule has 0 fully saturated rings. The van der Waals surface area contributed by atoms with E-state index < -0.39 is 6.10 Å². The summed E-state index contributed by atoms with van der Waals surface area (Å²) >= 11 is 0. The van der Waals surface area contributed by atoms with Gasteiger partial charge in [-0.1, -0.05) is 45.0 Å². The third-order valence-corrected chi connectivity index (χ3v) is 4.25. The van der Waals surface area contributed by atoms with Gasteiger partial charge in [-0.2, -0.15) is 0 Å². The molecule has 5 nitrogen and oxygen atoms in total. The number of hydrogen-bond donors (Lipinski definition) is 1. The van der Waals surface area contributed by atoms with E-state index in [9.17, 15) is 4.79 Å². The summed E-state index contributed by atoms with van der Waals surface area (Å²) in [7, 11) is 0. The summed E-state index contributed by atoms with van der Waals surface area (Å²) in [5.74, 6) is 1.10. The molecule has 0 radical (unpaired) electrons. The van der Waals surface area contributed by atoms with Gasteiger partial charge in [0.2, 0.25) is 0 Å². The lowest BCUT2D eigenvalue weighted by atomic mass is 9.87. The lowest BCUT2D eigenvalue weighted by Crippen LogP contribution is -2.30. The van der Waals surface area contributed by atoms with Crippen LogP contribution in [-0.4, -0.2) is 17.0 Å². The van der Waals surface area contributed by atoms with Crippen molar-refractivity contribution in [2.75, 3.05) is 5.32 Å². The van der Waals surface area contributed by atoms with Crippen molar-refractivity contribution in [3.63, 3.8) is 0 Å². The van der Waals surface area contributed by atoms with E-state index in [4.69, 9.17) is 9.15 Å². The Labute approximate surface area is 159 Å². The van der Waals surface area contributed by atoms with Crippen LogP contribution in [0.3, 0.4) is 0 Å². The first kappa shape index (κ1) is 18.7. The van der Waals surface area contributed by atoms with Crippen LogP contribution in [0, 0.1) is 0 Å². The third kappa shape index (κ3) is 4.76. The number of carbonyl (C=O) groups is 1. The Balaban J connectivity index is 1.63. The minimum atomic E-state index is -0.626. The summed E-state index contributed by atoms with van der Waals surface area (Å²) in [4.78, 5) is 16.4. The second-order valence-electron chi connectivity index (χ2n) is 7.47. The molecule has 1 N–H and O–H groups in total. The zero-order valence-electron chi connectivity index (χ0n) is 16.0. The molecule has 3 rings (SSSR count). The van der Waals surface area contributed by atoms with Crippen LogP contribution in [0.1, 0.15) is 33.3 Å². The number of nitrogens with one attached hydrogen (secondary N) is 1. The molecule has 140 valence electrons. The van der Waals surface area contributed by atoms with Crippen molar-refractivity contribution in [2.24, 2.45) is 0 Å². The molecular weight excluding hydrogens is 340 g/mol. The fraction of sp³-hybridized carbons (Fsp3) is 0.273. The Morgan fingerprint density at radius 3 is 2.52 bits per heavy atom. The van der Waals surface area contributed by atoms with Gasteiger partial charge >= 0.3 is 0 Å². The van der Waals surface area contributed by atoms with Crippen molar-refractivity contribution < 1.29 is 13.9 Å². The van der Waals surface area contributed by atoms with Gasteiger partial charge < -0.3 is 14.5 Å². The molecule has 1 unspecified atom stereocenters. The number of aromatic nitrogens is 1. The second kappa shape index (κ2) is 7.66. The van der Waals surface area contributed by atoms with Crippen molar-refractivity contribution >= 4 is 11.6 Å². The minimum Gasteiger partial charge on any atom is -0.481 e. The summed E-state index contributed by atoms with van der Waals surface area (Å²) in [6.45, 7) is 8.21. The van der Waals surface area contributed by atoms with E-state index >= 15 is 0 Å². The quantitative estimate of drug-likeness (QED) is 0.688. The molecule has 27 heavy (non-hydrogen) atoms. The predicted octanol–water partition coefficient (Wildman–Crippen LogP) is 5.05. The maximum atomic E-state index is 12.5. The minimum absolute atomic E-state index is 0.0794. The fourth-order valence-electron chi connectivity index (χ4n) is 2.64. The maximum absolute atomic E-state index is 12.5. The zero-order valence-corrected chi connectivity index (χ0v) is 16.0. The Bertz CT molecular complexity index is 894. The number of carbonyl (C=O) groups excluding carboxylic acids is 1. The second-order valence-corrected chi connectivity index (χ2v) is 7.47. The van der Waals surface area contributed by atoms with Crippen LogP contribution in [0.5, 0.6) is 5.75 Å². The van der Waals surface area contributed by atoms with Crippen LogP contribution < -0.4 is 10.1 Å². The molecule has 0 spiro atoms. The standard InChI is InChI=1S/C22H24N2O3/c1-15(27-19-10-8-17(9-11-19)22(2,3)4)21(25)24-18-7-5-6-16(12-18)20-13-23-14-26-20/h5-15H,1-4H3,(H,24,25). The zero-order chi connectivity index (χ0) is 19.4. The Morgan fingerprint density at radius 2 is 1.89 bits per heavy atom. The van der Waals surface area contributed by atoms with Crippen molar-refractivity contribution in [3.05, 3.63) is 66.7 Å². The molecule has 0 aliphatic rings. The third-order valence-electron chi connectivity index (χ3n) is 4.25. The van der Waals surface area contributed by atoms with E-state index in [1.54, 1.807) is 13.1 Å². The highest BCUT2D eigenvalue weighted by Gasteiger charge is 2.17. The molecule has 1 heterocycles. The molecule has 0 bridgehead atoms. The fourth-order valence-corrected chi connectivity index (χ4v) is 2.64. The van der Waals surface area contributed by atoms with Gasteiger partial charge in [0, 0.05) is 11.3 Å². The highest BCUT2D eigenvalue weighted by molar-refractivity contribution is 5.94. The van der Waals surface area contributed by atoms with Gasteiger partial charge in [-0.25, -0.2) is 4.98 Å². The molecule has 1 atom stereocenters. The lowest BCUT2D eigenvalue weighted by molar-refractivity contribution is -0.122. The molecule has 1 amide bonds. The van der Waals surface area contributed by atoms with Crippen molar-refractivity contribution in [1.82, 2.24) is 4.98 Å². The number of rotatable bonds is 5. The topological polar surface area (TPSA) is 64.4 Å². The van der Waals surface area contributed by atoms with Gasteiger partial charge in [-0.3, -0.25) is 4.79 Å². The lowest BCUT2D eigenvalue weighted by Gasteiger charge is -2.20. The molecule has 0 saturated heterocycles. The van der Waals surface area contributed by atoms with E-state index in [0.29, 0.717) is 17.2 Å². The summed E-state index contributed by atoms with van der Waals surface area (Å²) in [5.41, 5.74) is 2.82. The molecule has 2 aromatic carbocycles. The number of hydrogen-bond acceptors (Lipinski definition) is 4. The van der Waals surface area contributed by atoms with E-state index in [1.165, 1.54) is 12.0 Å². The van der Waals surface area contributed by atoms with E-state index in [0.717, 1.165) is 5.56 Å². The normalized spacial score (nSPS) is 12.4. The number of anilines is 1. The Hall–Kier alpha value is -3.08. The molecule has 3 aromatic rings. The first-order valence-corrected chi connectivity index (χ1v) is 8.90. The molecular formula is C22H24N2O3. The maximum Gasteiger partial charge on any atom is 0.265 e. The number of nitrogens with zero attached hydrogens (tertiary/aromatic N) is 1. The van der Waals surface area contributed by atoms with Gasteiger partial charge in [0.1, 0.15) is 5.75 Å². The van der Waals surface area contributed by atoms with Crippen molar-refractivity contribution in [3.8, 4) is 17.1 Å². The van der Waals surface area contributed by atoms with E-state index in [-0.39, 0.29) is 11.3 Å². The predicted molar refractivity (Wildman–Crippen MR) is 106 cm³/mol.